The van der Waals surface area contributed by atoms with Crippen LogP contribution in [0.2, 0.25) is 0 Å². The summed E-state index contributed by atoms with van der Waals surface area (Å²) >= 11 is 0. The van der Waals surface area contributed by atoms with Gasteiger partial charge in [0.25, 0.3) is 0 Å². The summed E-state index contributed by atoms with van der Waals surface area (Å²) in [4.78, 5) is 0. The lowest BCUT2D eigenvalue weighted by atomic mass is 9.41. The van der Waals surface area contributed by atoms with E-state index in [1.807, 2.05) is 0 Å². The van der Waals surface area contributed by atoms with Crippen LogP contribution in [0.25, 0.3) is 0 Å². The first-order chi connectivity index (χ1) is 21.2. The molecule has 4 aliphatic carbocycles. The van der Waals surface area contributed by atoms with Gasteiger partial charge in [-0.25, -0.2) is 0 Å². The molecule has 1 spiro atoms. The summed E-state index contributed by atoms with van der Waals surface area (Å²) in [6.07, 6.45) is -2.98. The van der Waals surface area contributed by atoms with Crippen LogP contribution in [0.1, 0.15) is 78.6 Å². The highest BCUT2D eigenvalue weighted by molar-refractivity contribution is 5.17. The quantitative estimate of drug-likeness (QED) is 0.194. The second-order valence-corrected chi connectivity index (χ2v) is 16.0. The molecule has 0 aromatic heterocycles. The lowest BCUT2D eigenvalue weighted by Crippen LogP contribution is -2.62. The van der Waals surface area contributed by atoms with Crippen LogP contribution in [0.3, 0.4) is 0 Å². The molecule has 0 aromatic rings. The Morgan fingerprint density at radius 3 is 2.22 bits per heavy atom. The SMILES string of the molecule is CO[C@H]1[C@H](O)[C@@H](O)[C@H](OC[C@@]2(C)CCC[C@]3(C)[C@@H]2CC[C@@]24C[C@@H](CC[C@H]23)[C@@](O)(CO)C4)O[C@@H]1CO[C@@H]1O[C@@H](C)[C@H](O)[C@@H](O)[C@H]1O. The maximum absolute atomic E-state index is 11.3. The molecule has 2 aliphatic heterocycles. The minimum absolute atomic E-state index is 0.0689. The van der Waals surface area contributed by atoms with Crippen molar-refractivity contribution in [3.05, 3.63) is 0 Å². The van der Waals surface area contributed by atoms with Gasteiger partial charge in [0.1, 0.15) is 42.7 Å². The molecule has 2 heterocycles. The molecule has 4 saturated carbocycles. The third-order valence-corrected chi connectivity index (χ3v) is 13.4. The summed E-state index contributed by atoms with van der Waals surface area (Å²) in [5, 5.41) is 73.9. The van der Waals surface area contributed by atoms with Crippen molar-refractivity contribution < 1.29 is 59.4 Å². The van der Waals surface area contributed by atoms with Crippen LogP contribution in [-0.4, -0.2) is 130 Å². The van der Waals surface area contributed by atoms with Gasteiger partial charge in [-0.1, -0.05) is 20.3 Å². The minimum atomic E-state index is -1.49. The van der Waals surface area contributed by atoms with Gasteiger partial charge >= 0.3 is 0 Å². The van der Waals surface area contributed by atoms with E-state index in [2.05, 4.69) is 13.8 Å². The normalized spacial score (nSPS) is 56.5. The van der Waals surface area contributed by atoms with Crippen molar-refractivity contribution in [3.63, 3.8) is 0 Å². The van der Waals surface area contributed by atoms with Gasteiger partial charge < -0.3 is 59.4 Å². The number of methoxy groups -OCH3 is 1. The number of ether oxygens (including phenoxy) is 5. The number of rotatable bonds is 8. The van der Waals surface area contributed by atoms with Gasteiger partial charge in [-0.3, -0.25) is 0 Å². The molecule has 45 heavy (non-hydrogen) atoms. The van der Waals surface area contributed by atoms with Gasteiger partial charge in [0.15, 0.2) is 12.6 Å². The Bertz CT molecular complexity index is 1050. The summed E-state index contributed by atoms with van der Waals surface area (Å²) in [6, 6.07) is 0. The number of aliphatic hydroxyl groups excluding tert-OH is 6. The molecule has 6 aliphatic rings. The van der Waals surface area contributed by atoms with Crippen LogP contribution in [0, 0.1) is 34.0 Å². The monoisotopic (exact) mass is 644 g/mol. The van der Waals surface area contributed by atoms with Crippen molar-refractivity contribution in [3.8, 4) is 0 Å². The first-order valence-electron chi connectivity index (χ1n) is 17.0. The molecule has 12 nitrogen and oxygen atoms in total. The van der Waals surface area contributed by atoms with Gasteiger partial charge in [0, 0.05) is 7.11 Å². The first-order valence-corrected chi connectivity index (χ1v) is 17.0. The Kier molecular flexibility index (Phi) is 9.51. The fraction of sp³-hybridized carbons (Fsp3) is 1.00. The summed E-state index contributed by atoms with van der Waals surface area (Å²) in [7, 11) is 1.39. The molecule has 0 radical (unpaired) electrons. The van der Waals surface area contributed by atoms with Crippen molar-refractivity contribution in [1.82, 2.24) is 0 Å². The van der Waals surface area contributed by atoms with E-state index in [1.165, 1.54) is 7.11 Å². The van der Waals surface area contributed by atoms with E-state index in [-0.39, 0.29) is 35.4 Å². The summed E-state index contributed by atoms with van der Waals surface area (Å²) < 4.78 is 29.3. The van der Waals surface area contributed by atoms with E-state index in [9.17, 15) is 35.7 Å². The summed E-state index contributed by atoms with van der Waals surface area (Å²) in [5.41, 5.74) is -1.02. The van der Waals surface area contributed by atoms with Gasteiger partial charge in [-0.2, -0.15) is 0 Å². The van der Waals surface area contributed by atoms with Gasteiger partial charge in [0.2, 0.25) is 0 Å². The number of hydrogen-bond acceptors (Lipinski definition) is 12. The van der Waals surface area contributed by atoms with E-state index in [4.69, 9.17) is 23.7 Å². The van der Waals surface area contributed by atoms with Crippen molar-refractivity contribution >= 4 is 0 Å². The van der Waals surface area contributed by atoms with E-state index < -0.39 is 67.0 Å². The highest BCUT2D eigenvalue weighted by Gasteiger charge is 2.67. The molecule has 2 saturated heterocycles. The largest absolute Gasteiger partial charge is 0.393 e. The van der Waals surface area contributed by atoms with Gasteiger partial charge in [0.05, 0.1) is 31.5 Å². The van der Waals surface area contributed by atoms with Crippen LogP contribution < -0.4 is 0 Å². The average Bonchev–Trinajstić information content (AvgIpc) is 3.22. The lowest BCUT2D eigenvalue weighted by Gasteiger charge is -2.64. The van der Waals surface area contributed by atoms with Crippen LogP contribution in [0.4, 0.5) is 0 Å². The predicted molar refractivity (Wildman–Crippen MR) is 158 cm³/mol. The minimum Gasteiger partial charge on any atom is -0.393 e. The molecule has 7 N–H and O–H groups in total. The number of aliphatic hydroxyl groups is 7. The zero-order valence-corrected chi connectivity index (χ0v) is 27.2. The molecular formula is C33H56O12. The third kappa shape index (κ3) is 5.62. The van der Waals surface area contributed by atoms with E-state index >= 15 is 0 Å². The zero-order chi connectivity index (χ0) is 32.5. The van der Waals surface area contributed by atoms with Crippen LogP contribution in [0.15, 0.2) is 0 Å². The zero-order valence-electron chi connectivity index (χ0n) is 27.2. The second kappa shape index (κ2) is 12.4. The highest BCUT2D eigenvalue weighted by atomic mass is 16.7. The topological polar surface area (TPSA) is 188 Å². The van der Waals surface area contributed by atoms with Crippen molar-refractivity contribution in [1.29, 1.82) is 0 Å². The Morgan fingerprint density at radius 1 is 0.800 bits per heavy atom. The number of hydrogen-bond donors (Lipinski definition) is 7. The first kappa shape index (κ1) is 34.4. The van der Waals surface area contributed by atoms with E-state index in [0.29, 0.717) is 24.9 Å². The van der Waals surface area contributed by atoms with E-state index in [0.717, 1.165) is 51.4 Å². The number of fused-ring (bicyclic) bond motifs is 3. The third-order valence-electron chi connectivity index (χ3n) is 13.4. The Hall–Kier alpha value is -0.480. The maximum Gasteiger partial charge on any atom is 0.186 e. The van der Waals surface area contributed by atoms with Gasteiger partial charge in [-0.05, 0) is 92.3 Å². The fourth-order valence-electron chi connectivity index (χ4n) is 11.2. The molecule has 0 amide bonds. The Morgan fingerprint density at radius 2 is 1.51 bits per heavy atom. The molecule has 0 aromatic carbocycles. The molecule has 260 valence electrons. The smallest absolute Gasteiger partial charge is 0.186 e. The van der Waals surface area contributed by atoms with Crippen LogP contribution in [-0.2, 0) is 23.7 Å². The maximum atomic E-state index is 11.3. The summed E-state index contributed by atoms with van der Waals surface area (Å²) in [5.74, 6) is 1.02. The highest BCUT2D eigenvalue weighted by Crippen LogP contribution is 2.72. The second-order valence-electron chi connectivity index (χ2n) is 16.0. The Labute approximate surface area is 266 Å². The van der Waals surface area contributed by atoms with Crippen molar-refractivity contribution in [2.75, 3.05) is 26.9 Å². The predicted octanol–water partition coefficient (Wildman–Crippen LogP) is 0.445. The van der Waals surface area contributed by atoms with Crippen LogP contribution in [0.5, 0.6) is 0 Å². The molecule has 17 atom stereocenters. The van der Waals surface area contributed by atoms with Gasteiger partial charge in [-0.15, -0.1) is 0 Å². The standard InChI is InChI=1S/C33H56O12/c1-17-22(35)23(36)25(38)28(44-17)42-13-19-27(41-4)24(37)26(39)29(45-19)43-16-30(2)9-5-10-31(3)20(30)8-11-32-12-18(6-7-21(31)32)33(40,14-32)15-34/h17-29,34-40H,5-16H2,1-4H3/t17-,18+,19+,20+,21-,22-,23+,24+,25+,26+,27+,28+,29+,30+,31+,32-,33-/m0/s1. The summed E-state index contributed by atoms with van der Waals surface area (Å²) in [6.45, 7) is 6.24. The molecule has 0 unspecified atom stereocenters. The Balaban J connectivity index is 1.13. The molecule has 2 bridgehead atoms. The lowest BCUT2D eigenvalue weighted by molar-refractivity contribution is -0.334. The molecule has 6 fully saturated rings. The molecule has 6 rings (SSSR count). The average molecular weight is 645 g/mol. The van der Waals surface area contributed by atoms with E-state index in [1.54, 1.807) is 6.92 Å². The van der Waals surface area contributed by atoms with Crippen LogP contribution >= 0.6 is 0 Å². The van der Waals surface area contributed by atoms with Crippen molar-refractivity contribution in [2.45, 2.75) is 146 Å². The molecular weight excluding hydrogens is 588 g/mol. The van der Waals surface area contributed by atoms with Crippen molar-refractivity contribution in [2.24, 2.45) is 34.0 Å². The fourth-order valence-corrected chi connectivity index (χ4v) is 11.2. The molecule has 12 heteroatoms.